The van der Waals surface area contributed by atoms with Crippen LogP contribution in [0.4, 0.5) is 5.82 Å². The van der Waals surface area contributed by atoms with Crippen molar-refractivity contribution in [3.63, 3.8) is 0 Å². The molecule has 6 rings (SSSR count). The van der Waals surface area contributed by atoms with Crippen LogP contribution in [0, 0.1) is 6.92 Å². The van der Waals surface area contributed by atoms with Gasteiger partial charge in [0.2, 0.25) is 0 Å². The van der Waals surface area contributed by atoms with Crippen LogP contribution < -0.4 is 14.8 Å². The summed E-state index contributed by atoms with van der Waals surface area (Å²) < 4.78 is 12.9. The van der Waals surface area contributed by atoms with E-state index in [4.69, 9.17) is 14.6 Å². The molecule has 0 amide bonds. The molecule has 3 heterocycles. The number of nitrogens with one attached hydrogen (secondary N) is 1. The molecule has 4 aromatic rings. The summed E-state index contributed by atoms with van der Waals surface area (Å²) in [4.78, 5) is 27.2. The average Bonchev–Trinajstić information content (AvgIpc) is 3.60. The predicted octanol–water partition coefficient (Wildman–Crippen LogP) is 5.92. The highest BCUT2D eigenvalue weighted by Gasteiger charge is 2.42. The maximum atomic E-state index is 13.9. The van der Waals surface area contributed by atoms with Gasteiger partial charge in [-0.25, -0.2) is 9.48 Å². The van der Waals surface area contributed by atoms with Crippen LogP contribution in [-0.4, -0.2) is 40.9 Å². The molecule has 2 aromatic heterocycles. The van der Waals surface area contributed by atoms with Crippen LogP contribution >= 0.6 is 11.3 Å². The molecule has 0 saturated carbocycles. The first-order valence-electron chi connectivity index (χ1n) is 12.6. The number of carbonyl (C=O) groups is 2. The summed E-state index contributed by atoms with van der Waals surface area (Å²) in [5.74, 6) is 0.560. The second kappa shape index (κ2) is 9.74. The number of carboxylic acids is 1. The number of carboxylic acid groups (broad SMARTS) is 1. The van der Waals surface area contributed by atoms with Gasteiger partial charge < -0.3 is 19.9 Å². The van der Waals surface area contributed by atoms with E-state index in [1.54, 1.807) is 54.5 Å². The number of aromatic nitrogens is 2. The number of hydrogen-bond donors (Lipinski definition) is 2. The normalized spacial score (nSPS) is 18.3. The van der Waals surface area contributed by atoms with Crippen LogP contribution in [0.25, 0.3) is 5.69 Å². The number of Topliss-reactive ketones (excluding diaryl/α,β-unsaturated/α-hetero) is 1. The summed E-state index contributed by atoms with van der Waals surface area (Å²) in [6.07, 6.45) is 1.07. The van der Waals surface area contributed by atoms with Gasteiger partial charge in [0, 0.05) is 51.6 Å². The number of aromatic carboxylic acids is 1. The molecule has 8 nitrogen and oxygen atoms in total. The zero-order valence-corrected chi connectivity index (χ0v) is 22.5. The van der Waals surface area contributed by atoms with E-state index in [-0.39, 0.29) is 17.3 Å². The maximum absolute atomic E-state index is 13.9. The lowest BCUT2D eigenvalue weighted by atomic mass is 9.73. The number of anilines is 1. The number of thiophene rings is 1. The molecule has 0 fully saturated rings. The Hall–Kier alpha value is -4.37. The molecular formula is C30H27N3O5S. The van der Waals surface area contributed by atoms with E-state index >= 15 is 0 Å². The average molecular weight is 542 g/mol. The maximum Gasteiger partial charge on any atom is 0.337 e. The quantitative estimate of drug-likeness (QED) is 0.313. The van der Waals surface area contributed by atoms with Crippen molar-refractivity contribution in [3.8, 4) is 17.2 Å². The summed E-state index contributed by atoms with van der Waals surface area (Å²) in [5.41, 5.74) is 4.45. The molecule has 0 saturated heterocycles. The van der Waals surface area contributed by atoms with Crippen LogP contribution in [0.2, 0.25) is 0 Å². The molecule has 2 aliphatic rings. The van der Waals surface area contributed by atoms with Crippen molar-refractivity contribution in [2.24, 2.45) is 0 Å². The van der Waals surface area contributed by atoms with E-state index in [2.05, 4.69) is 11.4 Å². The van der Waals surface area contributed by atoms with Crippen LogP contribution in [0.3, 0.4) is 0 Å². The standard InChI is InChI=1S/C30H27N3O5S/c1-16-26-27(20-11-10-18(37-2)15-24(20)38-3)28-21(13-17(14-23(28)34)25-9-6-12-39-25)31-29(26)33(32-16)22-8-5-4-7-19(22)30(35)36/h4-12,15,17,27,31H,13-14H2,1-3H3,(H,35,36)/t17-,27+/m1/s1. The minimum absolute atomic E-state index is 0.0625. The molecule has 0 unspecified atom stereocenters. The SMILES string of the molecule is COc1ccc([C@@H]2C3=C(C[C@@H](c4cccs4)CC3=O)Nc3c2c(C)nn3-c2ccccc2C(=O)O)c(OC)c1. The van der Waals surface area contributed by atoms with Gasteiger partial charge in [-0.3, -0.25) is 4.79 Å². The number of rotatable bonds is 6. The third-order valence-corrected chi connectivity index (χ3v) is 8.56. The van der Waals surface area contributed by atoms with Gasteiger partial charge in [0.05, 0.1) is 31.2 Å². The number of benzene rings is 2. The van der Waals surface area contributed by atoms with Crippen molar-refractivity contribution in [1.29, 1.82) is 0 Å². The monoisotopic (exact) mass is 541 g/mol. The van der Waals surface area contributed by atoms with Crippen molar-refractivity contribution < 1.29 is 24.2 Å². The molecule has 0 bridgehead atoms. The number of hydrogen-bond acceptors (Lipinski definition) is 7. The summed E-state index contributed by atoms with van der Waals surface area (Å²) >= 11 is 1.65. The lowest BCUT2D eigenvalue weighted by Crippen LogP contribution is -2.30. The van der Waals surface area contributed by atoms with Gasteiger partial charge in [-0.15, -0.1) is 11.3 Å². The second-order valence-electron chi connectivity index (χ2n) is 9.68. The number of ketones is 1. The Labute approximate surface area is 229 Å². The third kappa shape index (κ3) is 4.10. The van der Waals surface area contributed by atoms with Gasteiger partial charge in [0.15, 0.2) is 5.78 Å². The number of allylic oxidation sites excluding steroid dienone is 2. The Balaban J connectivity index is 1.59. The Morgan fingerprint density at radius 2 is 1.92 bits per heavy atom. The largest absolute Gasteiger partial charge is 0.497 e. The van der Waals surface area contributed by atoms with E-state index < -0.39 is 11.9 Å². The molecule has 1 aliphatic heterocycles. The number of methoxy groups -OCH3 is 2. The molecule has 0 radical (unpaired) electrons. The van der Waals surface area contributed by atoms with Crippen molar-refractivity contribution >= 4 is 28.9 Å². The van der Waals surface area contributed by atoms with Gasteiger partial charge >= 0.3 is 5.97 Å². The fourth-order valence-electron chi connectivity index (χ4n) is 5.78. The highest BCUT2D eigenvalue weighted by molar-refractivity contribution is 7.10. The van der Waals surface area contributed by atoms with E-state index in [9.17, 15) is 14.7 Å². The molecule has 2 atom stereocenters. The molecule has 0 spiro atoms. The van der Waals surface area contributed by atoms with Crippen LogP contribution in [-0.2, 0) is 4.79 Å². The minimum atomic E-state index is -1.04. The van der Waals surface area contributed by atoms with Crippen molar-refractivity contribution in [2.45, 2.75) is 31.6 Å². The number of nitrogens with zero attached hydrogens (tertiary/aromatic N) is 2. The predicted molar refractivity (Wildman–Crippen MR) is 149 cm³/mol. The number of carbonyl (C=O) groups excluding carboxylic acids is 1. The van der Waals surface area contributed by atoms with Crippen LogP contribution in [0.15, 0.2) is 71.2 Å². The molecule has 39 heavy (non-hydrogen) atoms. The summed E-state index contributed by atoms with van der Waals surface area (Å²) in [5, 5.41) is 20.3. The van der Waals surface area contributed by atoms with Gasteiger partial charge in [0.25, 0.3) is 0 Å². The van der Waals surface area contributed by atoms with Crippen molar-refractivity contribution in [1.82, 2.24) is 9.78 Å². The lowest BCUT2D eigenvalue weighted by Gasteiger charge is -2.36. The van der Waals surface area contributed by atoms with E-state index in [0.717, 1.165) is 16.8 Å². The first-order chi connectivity index (χ1) is 18.9. The summed E-state index contributed by atoms with van der Waals surface area (Å²) in [6.45, 7) is 1.89. The number of fused-ring (bicyclic) bond motifs is 1. The fourth-order valence-corrected chi connectivity index (χ4v) is 6.61. The molecule has 1 aliphatic carbocycles. The molecular weight excluding hydrogens is 514 g/mol. The Morgan fingerprint density at radius 1 is 1.10 bits per heavy atom. The molecule has 2 N–H and O–H groups in total. The van der Waals surface area contributed by atoms with Crippen LogP contribution in [0.5, 0.6) is 11.5 Å². The Kier molecular flexibility index (Phi) is 6.23. The fraction of sp³-hybridized carbons (Fsp3) is 0.233. The zero-order chi connectivity index (χ0) is 27.3. The molecule has 198 valence electrons. The summed E-state index contributed by atoms with van der Waals surface area (Å²) in [6, 6.07) is 16.5. The Morgan fingerprint density at radius 3 is 2.64 bits per heavy atom. The second-order valence-corrected chi connectivity index (χ2v) is 10.7. The molecule has 2 aromatic carbocycles. The third-order valence-electron chi connectivity index (χ3n) is 7.52. The minimum Gasteiger partial charge on any atom is -0.497 e. The van der Waals surface area contributed by atoms with Crippen molar-refractivity contribution in [2.75, 3.05) is 19.5 Å². The highest BCUT2D eigenvalue weighted by atomic mass is 32.1. The number of aryl methyl sites for hydroxylation is 1. The first-order valence-corrected chi connectivity index (χ1v) is 13.5. The van der Waals surface area contributed by atoms with Gasteiger partial charge in [0.1, 0.15) is 17.3 Å². The summed E-state index contributed by atoms with van der Waals surface area (Å²) in [7, 11) is 3.20. The van der Waals surface area contributed by atoms with E-state index in [1.165, 1.54) is 4.88 Å². The van der Waals surface area contributed by atoms with E-state index in [1.807, 2.05) is 36.6 Å². The first kappa shape index (κ1) is 24.9. The van der Waals surface area contributed by atoms with Gasteiger partial charge in [-0.05, 0) is 43.0 Å². The van der Waals surface area contributed by atoms with Crippen molar-refractivity contribution in [3.05, 3.63) is 98.5 Å². The highest BCUT2D eigenvalue weighted by Crippen LogP contribution is 2.51. The van der Waals surface area contributed by atoms with Gasteiger partial charge in [-0.2, -0.15) is 5.10 Å². The van der Waals surface area contributed by atoms with Crippen LogP contribution in [0.1, 0.15) is 56.7 Å². The number of para-hydroxylation sites is 1. The zero-order valence-electron chi connectivity index (χ0n) is 21.7. The smallest absolute Gasteiger partial charge is 0.337 e. The Bertz CT molecular complexity index is 1640. The topological polar surface area (TPSA) is 103 Å². The van der Waals surface area contributed by atoms with E-state index in [0.29, 0.717) is 47.1 Å². The van der Waals surface area contributed by atoms with Gasteiger partial charge in [-0.1, -0.05) is 24.3 Å². The lowest BCUT2D eigenvalue weighted by molar-refractivity contribution is -0.116. The number of ether oxygens (including phenoxy) is 2. The molecule has 9 heteroatoms.